The van der Waals surface area contributed by atoms with E-state index >= 15 is 0 Å². The normalized spacial score (nSPS) is 18.5. The van der Waals surface area contributed by atoms with Crippen LogP contribution < -0.4 is 14.2 Å². The van der Waals surface area contributed by atoms with Crippen molar-refractivity contribution in [1.29, 1.82) is 0 Å². The third-order valence-corrected chi connectivity index (χ3v) is 8.25. The van der Waals surface area contributed by atoms with E-state index in [4.69, 9.17) is 18.9 Å². The lowest BCUT2D eigenvalue weighted by Crippen LogP contribution is -2.39. The molecule has 1 atom stereocenters. The van der Waals surface area contributed by atoms with Gasteiger partial charge in [-0.25, -0.2) is 0 Å². The molecule has 44 heavy (non-hydrogen) atoms. The van der Waals surface area contributed by atoms with Gasteiger partial charge in [0.15, 0.2) is 11.5 Å². The summed E-state index contributed by atoms with van der Waals surface area (Å²) in [6.45, 7) is 11.5. The van der Waals surface area contributed by atoms with Gasteiger partial charge in [-0.3, -0.25) is 14.5 Å². The maximum Gasteiger partial charge on any atom is 0.295 e. The van der Waals surface area contributed by atoms with Gasteiger partial charge in [-0.2, -0.15) is 0 Å². The highest BCUT2D eigenvalue weighted by Gasteiger charge is 2.46. The number of hydrogen-bond donors (Lipinski definition) is 1. The molecule has 240 valence electrons. The van der Waals surface area contributed by atoms with Gasteiger partial charge in [0.25, 0.3) is 11.7 Å². The maximum absolute atomic E-state index is 13.6. The quantitative estimate of drug-likeness (QED) is 0.109. The van der Waals surface area contributed by atoms with Gasteiger partial charge in [-0.15, -0.1) is 0 Å². The van der Waals surface area contributed by atoms with E-state index in [0.717, 1.165) is 57.3 Å². The Morgan fingerprint density at radius 3 is 2.36 bits per heavy atom. The third-order valence-electron chi connectivity index (χ3n) is 8.25. The summed E-state index contributed by atoms with van der Waals surface area (Å²) in [5, 5.41) is 11.7. The first-order chi connectivity index (χ1) is 21.4. The van der Waals surface area contributed by atoms with Gasteiger partial charge in [0.1, 0.15) is 11.5 Å². The second-order valence-electron chi connectivity index (χ2n) is 11.4. The SMILES string of the molecule is CCCCCOc1ccc(C2/C(=C(\O)c3ccc(OCCCC)cc3C)C(=O)C(=O)N2CCCN2CCOCC2)cc1OC. The van der Waals surface area contributed by atoms with Gasteiger partial charge in [0.2, 0.25) is 0 Å². The molecule has 2 aromatic rings. The number of aliphatic hydroxyl groups excluding tert-OH is 1. The lowest BCUT2D eigenvalue weighted by atomic mass is 9.93. The molecule has 2 aromatic carbocycles. The van der Waals surface area contributed by atoms with Crippen molar-refractivity contribution in [2.75, 3.05) is 59.7 Å². The predicted molar refractivity (Wildman–Crippen MR) is 170 cm³/mol. The van der Waals surface area contributed by atoms with E-state index in [1.54, 1.807) is 24.1 Å². The van der Waals surface area contributed by atoms with Crippen LogP contribution in [0.5, 0.6) is 17.2 Å². The Kier molecular flexibility index (Phi) is 12.5. The van der Waals surface area contributed by atoms with Crippen molar-refractivity contribution >= 4 is 17.4 Å². The number of aryl methyl sites for hydroxylation is 1. The summed E-state index contributed by atoms with van der Waals surface area (Å²) >= 11 is 0. The minimum atomic E-state index is -0.775. The van der Waals surface area contributed by atoms with Crippen LogP contribution in [0.4, 0.5) is 0 Å². The van der Waals surface area contributed by atoms with Gasteiger partial charge >= 0.3 is 0 Å². The molecule has 0 saturated carbocycles. The molecule has 1 N–H and O–H groups in total. The van der Waals surface area contributed by atoms with Crippen LogP contribution in [0.2, 0.25) is 0 Å². The molecule has 0 radical (unpaired) electrons. The number of carbonyl (C=O) groups excluding carboxylic acids is 2. The van der Waals surface area contributed by atoms with Gasteiger partial charge in [0, 0.05) is 31.7 Å². The van der Waals surface area contributed by atoms with Gasteiger partial charge in [-0.1, -0.05) is 39.2 Å². The second-order valence-corrected chi connectivity index (χ2v) is 11.4. The van der Waals surface area contributed by atoms with E-state index in [1.165, 1.54) is 0 Å². The first-order valence-electron chi connectivity index (χ1n) is 16.0. The number of methoxy groups -OCH3 is 1. The summed E-state index contributed by atoms with van der Waals surface area (Å²) in [6.07, 6.45) is 5.76. The first-order valence-corrected chi connectivity index (χ1v) is 16.0. The summed E-state index contributed by atoms with van der Waals surface area (Å²) in [5.74, 6) is 0.316. The summed E-state index contributed by atoms with van der Waals surface area (Å²) in [5.41, 5.74) is 1.99. The summed E-state index contributed by atoms with van der Waals surface area (Å²) < 4.78 is 23.0. The lowest BCUT2D eigenvalue weighted by molar-refractivity contribution is -0.140. The fourth-order valence-electron chi connectivity index (χ4n) is 5.73. The zero-order valence-corrected chi connectivity index (χ0v) is 26.7. The number of carbonyl (C=O) groups is 2. The third kappa shape index (κ3) is 8.12. The van der Waals surface area contributed by atoms with Gasteiger partial charge < -0.3 is 29.0 Å². The zero-order chi connectivity index (χ0) is 31.5. The van der Waals surface area contributed by atoms with Gasteiger partial charge in [0.05, 0.1) is 45.2 Å². The van der Waals surface area contributed by atoms with E-state index in [9.17, 15) is 14.7 Å². The number of likely N-dealkylation sites (tertiary alicyclic amines) is 1. The summed E-state index contributed by atoms with van der Waals surface area (Å²) in [6, 6.07) is 10.1. The van der Waals surface area contributed by atoms with Crippen LogP contribution in [0.15, 0.2) is 42.0 Å². The largest absolute Gasteiger partial charge is 0.507 e. The molecule has 1 unspecified atom stereocenters. The number of rotatable bonds is 16. The fourth-order valence-corrected chi connectivity index (χ4v) is 5.73. The smallest absolute Gasteiger partial charge is 0.295 e. The number of benzene rings is 2. The second kappa shape index (κ2) is 16.5. The van der Waals surface area contributed by atoms with E-state index in [-0.39, 0.29) is 11.3 Å². The Morgan fingerprint density at radius 1 is 0.909 bits per heavy atom. The molecule has 2 aliphatic heterocycles. The van der Waals surface area contributed by atoms with Crippen molar-refractivity contribution in [2.45, 2.75) is 65.3 Å². The number of unbranched alkanes of at least 4 members (excludes halogenated alkanes) is 3. The van der Waals surface area contributed by atoms with Crippen LogP contribution >= 0.6 is 0 Å². The molecule has 9 heteroatoms. The minimum absolute atomic E-state index is 0.0720. The van der Waals surface area contributed by atoms with Crippen molar-refractivity contribution in [3.63, 3.8) is 0 Å². The predicted octanol–water partition coefficient (Wildman–Crippen LogP) is 5.90. The Balaban J connectivity index is 1.68. The monoisotopic (exact) mass is 608 g/mol. The molecular weight excluding hydrogens is 560 g/mol. The van der Waals surface area contributed by atoms with Crippen molar-refractivity contribution in [2.24, 2.45) is 0 Å². The average Bonchev–Trinajstić information content (AvgIpc) is 3.28. The van der Waals surface area contributed by atoms with Crippen LogP contribution in [-0.4, -0.2) is 86.3 Å². The van der Waals surface area contributed by atoms with Crippen LogP contribution in [-0.2, 0) is 14.3 Å². The van der Waals surface area contributed by atoms with E-state index in [1.807, 2.05) is 31.2 Å². The zero-order valence-electron chi connectivity index (χ0n) is 26.7. The van der Waals surface area contributed by atoms with Crippen molar-refractivity contribution in [3.8, 4) is 17.2 Å². The number of morpholine rings is 1. The number of hydrogen-bond acceptors (Lipinski definition) is 8. The Morgan fingerprint density at radius 2 is 1.66 bits per heavy atom. The molecule has 2 heterocycles. The topological polar surface area (TPSA) is 97.8 Å². The Hall–Kier alpha value is -3.56. The molecule has 4 rings (SSSR count). The molecule has 0 bridgehead atoms. The maximum atomic E-state index is 13.6. The van der Waals surface area contributed by atoms with Crippen LogP contribution in [0.25, 0.3) is 5.76 Å². The standard InChI is InChI=1S/C35H48N2O7/c1-5-7-9-20-44-29-14-11-26(24-30(29)41-4)32-31(33(38)28-13-12-27(23-25(28)3)43-19-8-6-2)34(39)35(40)37(32)16-10-15-36-17-21-42-22-18-36/h11-14,23-24,32,38H,5-10,15-22H2,1-4H3/b33-31+. The average molecular weight is 609 g/mol. The molecule has 0 aromatic heterocycles. The van der Waals surface area contributed by atoms with Gasteiger partial charge in [-0.05, 0) is 67.6 Å². The highest BCUT2D eigenvalue weighted by Crippen LogP contribution is 2.42. The van der Waals surface area contributed by atoms with Crippen LogP contribution in [0, 0.1) is 6.92 Å². The molecule has 0 spiro atoms. The van der Waals surface area contributed by atoms with Crippen LogP contribution in [0.3, 0.4) is 0 Å². The number of ketones is 1. The molecule has 1 amide bonds. The number of Topliss-reactive ketones (excluding diaryl/α,β-unsaturated/α-hetero) is 1. The minimum Gasteiger partial charge on any atom is -0.507 e. The molecular formula is C35H48N2O7. The summed E-state index contributed by atoms with van der Waals surface area (Å²) in [4.78, 5) is 31.1. The van der Waals surface area contributed by atoms with Crippen LogP contribution in [0.1, 0.15) is 75.1 Å². The Bertz CT molecular complexity index is 1300. The number of nitrogens with zero attached hydrogens (tertiary/aromatic N) is 2. The molecule has 2 saturated heterocycles. The number of aliphatic hydroxyl groups is 1. The molecule has 9 nitrogen and oxygen atoms in total. The number of ether oxygens (including phenoxy) is 4. The Labute approximate surface area is 261 Å². The lowest BCUT2D eigenvalue weighted by Gasteiger charge is -2.29. The highest BCUT2D eigenvalue weighted by molar-refractivity contribution is 6.46. The molecule has 2 fully saturated rings. The van der Waals surface area contributed by atoms with E-state index < -0.39 is 17.7 Å². The van der Waals surface area contributed by atoms with Crippen molar-refractivity contribution in [1.82, 2.24) is 9.80 Å². The first kappa shape index (κ1) is 33.3. The number of amides is 1. The molecule has 2 aliphatic rings. The van der Waals surface area contributed by atoms with E-state index in [0.29, 0.717) is 67.8 Å². The van der Waals surface area contributed by atoms with Crippen molar-refractivity contribution in [3.05, 3.63) is 58.7 Å². The molecule has 0 aliphatic carbocycles. The highest BCUT2D eigenvalue weighted by atomic mass is 16.5. The van der Waals surface area contributed by atoms with Crippen molar-refractivity contribution < 1.29 is 33.6 Å². The fraction of sp³-hybridized carbons (Fsp3) is 0.543. The van der Waals surface area contributed by atoms with E-state index in [2.05, 4.69) is 18.7 Å². The summed E-state index contributed by atoms with van der Waals surface area (Å²) in [7, 11) is 1.57.